The first kappa shape index (κ1) is 10.6. The van der Waals surface area contributed by atoms with Crippen molar-refractivity contribution < 1.29 is 9.59 Å². The van der Waals surface area contributed by atoms with E-state index in [-0.39, 0.29) is 17.7 Å². The van der Waals surface area contributed by atoms with Crippen LogP contribution in [0.15, 0.2) is 0 Å². The van der Waals surface area contributed by atoms with Crippen molar-refractivity contribution in [2.24, 2.45) is 5.92 Å². The molecule has 1 fully saturated rings. The first-order chi connectivity index (χ1) is 6.74. The predicted octanol–water partition coefficient (Wildman–Crippen LogP) is -0.348. The van der Waals surface area contributed by atoms with Crippen LogP contribution in [-0.2, 0) is 9.59 Å². The van der Waals surface area contributed by atoms with Crippen molar-refractivity contribution in [3.63, 3.8) is 0 Å². The summed E-state index contributed by atoms with van der Waals surface area (Å²) in [5.74, 6) is 5.37. The third-order valence-corrected chi connectivity index (χ3v) is 2.16. The Labute approximate surface area is 83.4 Å². The van der Waals surface area contributed by atoms with Crippen LogP contribution in [-0.4, -0.2) is 24.9 Å². The highest BCUT2D eigenvalue weighted by atomic mass is 16.2. The van der Waals surface area contributed by atoms with Crippen LogP contribution < -0.4 is 10.6 Å². The standard InChI is InChI=1S/C10H14N2O2/c1-2-3-6-11-10(14)8-4-5-9(13)12-7-8/h8H,4-7H2,1H3,(H,11,14)(H,12,13). The molecule has 4 nitrogen and oxygen atoms in total. The van der Waals surface area contributed by atoms with Gasteiger partial charge in [0.2, 0.25) is 11.8 Å². The fraction of sp³-hybridized carbons (Fsp3) is 0.600. The number of carbonyl (C=O) groups is 2. The maximum Gasteiger partial charge on any atom is 0.225 e. The lowest BCUT2D eigenvalue weighted by atomic mass is 9.98. The van der Waals surface area contributed by atoms with Gasteiger partial charge in [0.05, 0.1) is 12.5 Å². The average molecular weight is 194 g/mol. The maximum absolute atomic E-state index is 11.4. The van der Waals surface area contributed by atoms with Crippen LogP contribution in [0.25, 0.3) is 0 Å². The number of hydrogen-bond acceptors (Lipinski definition) is 2. The molecule has 0 aromatic rings. The largest absolute Gasteiger partial charge is 0.355 e. The third-order valence-electron chi connectivity index (χ3n) is 2.16. The molecule has 0 spiro atoms. The molecule has 1 aliphatic rings. The van der Waals surface area contributed by atoms with Crippen molar-refractivity contribution in [3.05, 3.63) is 0 Å². The predicted molar refractivity (Wildman–Crippen MR) is 52.2 cm³/mol. The number of nitrogens with one attached hydrogen (secondary N) is 2. The molecule has 1 rings (SSSR count). The highest BCUT2D eigenvalue weighted by Gasteiger charge is 2.23. The van der Waals surface area contributed by atoms with Crippen molar-refractivity contribution in [1.29, 1.82) is 0 Å². The Morgan fingerprint density at radius 2 is 2.50 bits per heavy atom. The number of rotatable bonds is 2. The molecule has 1 saturated heterocycles. The topological polar surface area (TPSA) is 58.2 Å². The Morgan fingerprint density at radius 3 is 3.07 bits per heavy atom. The number of piperidine rings is 1. The van der Waals surface area contributed by atoms with Crippen LogP contribution in [0.3, 0.4) is 0 Å². The summed E-state index contributed by atoms with van der Waals surface area (Å²) in [5, 5.41) is 5.37. The molecule has 0 saturated carbocycles. The Balaban J connectivity index is 2.29. The lowest BCUT2D eigenvalue weighted by molar-refractivity contribution is -0.128. The molecule has 0 aromatic carbocycles. The summed E-state index contributed by atoms with van der Waals surface area (Å²) in [6, 6.07) is 0. The summed E-state index contributed by atoms with van der Waals surface area (Å²) in [6.07, 6.45) is 1.08. The van der Waals surface area contributed by atoms with Crippen LogP contribution in [0.1, 0.15) is 19.8 Å². The normalized spacial score (nSPS) is 20.4. The fourth-order valence-electron chi connectivity index (χ4n) is 1.32. The van der Waals surface area contributed by atoms with Crippen molar-refractivity contribution >= 4 is 11.8 Å². The van der Waals surface area contributed by atoms with Gasteiger partial charge in [-0.3, -0.25) is 9.59 Å². The molecule has 4 heteroatoms. The van der Waals surface area contributed by atoms with Gasteiger partial charge in [-0.25, -0.2) is 0 Å². The average Bonchev–Trinajstić information content (AvgIpc) is 2.19. The first-order valence-corrected chi connectivity index (χ1v) is 4.68. The Hall–Kier alpha value is -1.50. The molecule has 1 heterocycles. The second kappa shape index (κ2) is 5.28. The van der Waals surface area contributed by atoms with E-state index in [1.165, 1.54) is 0 Å². The van der Waals surface area contributed by atoms with Gasteiger partial charge in [-0.1, -0.05) is 5.92 Å². The SMILES string of the molecule is CC#CCNC(=O)C1CCC(=O)NC1. The third kappa shape index (κ3) is 3.09. The Kier molecular flexibility index (Phi) is 3.99. The molecule has 0 bridgehead atoms. The number of amides is 2. The molecule has 2 amide bonds. The summed E-state index contributed by atoms with van der Waals surface area (Å²) in [7, 11) is 0. The Morgan fingerprint density at radius 1 is 1.71 bits per heavy atom. The minimum absolute atomic E-state index is 0.0206. The van der Waals surface area contributed by atoms with E-state index in [0.717, 1.165) is 0 Å². The quantitative estimate of drug-likeness (QED) is 0.590. The van der Waals surface area contributed by atoms with Gasteiger partial charge < -0.3 is 10.6 Å². The van der Waals surface area contributed by atoms with E-state index >= 15 is 0 Å². The molecular formula is C10H14N2O2. The Bertz CT molecular complexity index is 278. The van der Waals surface area contributed by atoms with Crippen molar-refractivity contribution in [3.8, 4) is 11.8 Å². The van der Waals surface area contributed by atoms with Crippen LogP contribution >= 0.6 is 0 Å². The van der Waals surface area contributed by atoms with Crippen LogP contribution in [0.5, 0.6) is 0 Å². The minimum atomic E-state index is -0.0913. The highest BCUT2D eigenvalue weighted by molar-refractivity contribution is 5.83. The van der Waals surface area contributed by atoms with Gasteiger partial charge in [-0.15, -0.1) is 5.92 Å². The first-order valence-electron chi connectivity index (χ1n) is 4.68. The molecule has 1 aliphatic heterocycles. The molecule has 0 radical (unpaired) electrons. The van der Waals surface area contributed by atoms with E-state index in [0.29, 0.717) is 25.9 Å². The molecule has 0 aliphatic carbocycles. The number of carbonyl (C=O) groups excluding carboxylic acids is 2. The van der Waals surface area contributed by atoms with Crippen molar-refractivity contribution in [2.45, 2.75) is 19.8 Å². The summed E-state index contributed by atoms with van der Waals surface area (Å²) in [5.41, 5.74) is 0. The van der Waals surface area contributed by atoms with E-state index in [4.69, 9.17) is 0 Å². The molecule has 1 atom stereocenters. The molecule has 1 unspecified atom stereocenters. The summed E-state index contributed by atoms with van der Waals surface area (Å²) < 4.78 is 0. The van der Waals surface area contributed by atoms with Gasteiger partial charge in [-0.2, -0.15) is 0 Å². The zero-order chi connectivity index (χ0) is 10.4. The van der Waals surface area contributed by atoms with E-state index in [1.54, 1.807) is 6.92 Å². The van der Waals surface area contributed by atoms with Gasteiger partial charge >= 0.3 is 0 Å². The molecule has 14 heavy (non-hydrogen) atoms. The molecule has 0 aromatic heterocycles. The van der Waals surface area contributed by atoms with E-state index in [2.05, 4.69) is 22.5 Å². The summed E-state index contributed by atoms with van der Waals surface area (Å²) in [6.45, 7) is 2.57. The van der Waals surface area contributed by atoms with Gasteiger partial charge in [0.1, 0.15) is 0 Å². The van der Waals surface area contributed by atoms with E-state index < -0.39 is 0 Å². The van der Waals surface area contributed by atoms with Crippen LogP contribution in [0.2, 0.25) is 0 Å². The highest BCUT2D eigenvalue weighted by Crippen LogP contribution is 2.10. The zero-order valence-electron chi connectivity index (χ0n) is 8.22. The molecule has 76 valence electrons. The van der Waals surface area contributed by atoms with Crippen molar-refractivity contribution in [1.82, 2.24) is 10.6 Å². The lowest BCUT2D eigenvalue weighted by Crippen LogP contribution is -2.43. The summed E-state index contributed by atoms with van der Waals surface area (Å²) >= 11 is 0. The fourth-order valence-corrected chi connectivity index (χ4v) is 1.32. The summed E-state index contributed by atoms with van der Waals surface area (Å²) in [4.78, 5) is 22.3. The number of hydrogen-bond donors (Lipinski definition) is 2. The molecular weight excluding hydrogens is 180 g/mol. The zero-order valence-corrected chi connectivity index (χ0v) is 8.22. The smallest absolute Gasteiger partial charge is 0.225 e. The van der Waals surface area contributed by atoms with Gasteiger partial charge in [0, 0.05) is 13.0 Å². The van der Waals surface area contributed by atoms with Crippen LogP contribution in [0, 0.1) is 17.8 Å². The monoisotopic (exact) mass is 194 g/mol. The van der Waals surface area contributed by atoms with Gasteiger partial charge in [-0.05, 0) is 13.3 Å². The second-order valence-corrected chi connectivity index (χ2v) is 3.18. The molecule has 2 N–H and O–H groups in total. The maximum atomic E-state index is 11.4. The minimum Gasteiger partial charge on any atom is -0.355 e. The van der Waals surface area contributed by atoms with Crippen LogP contribution in [0.4, 0.5) is 0 Å². The van der Waals surface area contributed by atoms with Gasteiger partial charge in [0.15, 0.2) is 0 Å². The van der Waals surface area contributed by atoms with E-state index in [1.807, 2.05) is 0 Å². The second-order valence-electron chi connectivity index (χ2n) is 3.18. The van der Waals surface area contributed by atoms with E-state index in [9.17, 15) is 9.59 Å². The van der Waals surface area contributed by atoms with Gasteiger partial charge in [0.25, 0.3) is 0 Å². The lowest BCUT2D eigenvalue weighted by Gasteiger charge is -2.20. The van der Waals surface area contributed by atoms with Crippen molar-refractivity contribution in [2.75, 3.05) is 13.1 Å².